The Morgan fingerprint density at radius 3 is 2.64 bits per heavy atom. The summed E-state index contributed by atoms with van der Waals surface area (Å²) < 4.78 is 0. The third kappa shape index (κ3) is 1.58. The molecule has 0 aromatic heterocycles. The third-order valence-corrected chi connectivity index (χ3v) is 3.26. The lowest BCUT2D eigenvalue weighted by atomic mass is 10.4. The molecule has 1 aliphatic carbocycles. The van der Waals surface area contributed by atoms with Gasteiger partial charge in [0.1, 0.15) is 0 Å². The highest BCUT2D eigenvalue weighted by molar-refractivity contribution is 9.10. The molecule has 2 rings (SSSR count). The SMILES string of the molecule is O=C1[C@@H](Br)CCN1CC1CC1. The van der Waals surface area contributed by atoms with Crippen molar-refractivity contribution in [2.45, 2.75) is 24.1 Å². The standard InChI is InChI=1S/C8H12BrNO/c9-7-3-4-10(8(7)11)5-6-1-2-6/h6-7H,1-5H2/t7-/m0/s1. The van der Waals surface area contributed by atoms with Crippen molar-refractivity contribution in [3.63, 3.8) is 0 Å². The Morgan fingerprint density at radius 1 is 1.45 bits per heavy atom. The molecule has 0 unspecified atom stereocenters. The molecule has 0 bridgehead atoms. The first-order chi connectivity index (χ1) is 5.27. The van der Waals surface area contributed by atoms with Crippen molar-refractivity contribution in [2.24, 2.45) is 5.92 Å². The molecule has 0 N–H and O–H groups in total. The lowest BCUT2D eigenvalue weighted by Gasteiger charge is -2.14. The Labute approximate surface area is 75.1 Å². The molecule has 2 nitrogen and oxygen atoms in total. The highest BCUT2D eigenvalue weighted by Gasteiger charge is 2.33. The molecule has 2 fully saturated rings. The summed E-state index contributed by atoms with van der Waals surface area (Å²) >= 11 is 3.36. The van der Waals surface area contributed by atoms with E-state index in [1.165, 1.54) is 12.8 Å². The normalized spacial score (nSPS) is 31.5. The second kappa shape index (κ2) is 2.77. The van der Waals surface area contributed by atoms with Crippen LogP contribution in [0.5, 0.6) is 0 Å². The zero-order chi connectivity index (χ0) is 7.84. The van der Waals surface area contributed by atoms with Gasteiger partial charge in [-0.15, -0.1) is 0 Å². The van der Waals surface area contributed by atoms with Crippen LogP contribution in [0.2, 0.25) is 0 Å². The van der Waals surface area contributed by atoms with E-state index in [1.807, 2.05) is 4.90 Å². The molecular formula is C8H12BrNO. The van der Waals surface area contributed by atoms with Crippen LogP contribution in [0.3, 0.4) is 0 Å². The van der Waals surface area contributed by atoms with E-state index >= 15 is 0 Å². The van der Waals surface area contributed by atoms with Gasteiger partial charge in [-0.25, -0.2) is 0 Å². The Morgan fingerprint density at radius 2 is 2.18 bits per heavy atom. The second-order valence-corrected chi connectivity index (χ2v) is 4.59. The number of amides is 1. The van der Waals surface area contributed by atoms with Crippen molar-refractivity contribution in [2.75, 3.05) is 13.1 Å². The molecule has 0 aromatic rings. The van der Waals surface area contributed by atoms with Crippen molar-refractivity contribution in [3.8, 4) is 0 Å². The van der Waals surface area contributed by atoms with Gasteiger partial charge >= 0.3 is 0 Å². The van der Waals surface area contributed by atoms with Crippen LogP contribution < -0.4 is 0 Å². The molecule has 0 radical (unpaired) electrons. The van der Waals surface area contributed by atoms with Gasteiger partial charge in [0.2, 0.25) is 5.91 Å². The zero-order valence-corrected chi connectivity index (χ0v) is 8.01. The number of hydrogen-bond acceptors (Lipinski definition) is 1. The molecule has 1 saturated heterocycles. The van der Waals surface area contributed by atoms with Gasteiger partial charge in [0.15, 0.2) is 0 Å². The van der Waals surface area contributed by atoms with Crippen LogP contribution in [0.25, 0.3) is 0 Å². The molecule has 1 atom stereocenters. The molecule has 0 spiro atoms. The van der Waals surface area contributed by atoms with Crippen molar-refractivity contribution < 1.29 is 4.79 Å². The van der Waals surface area contributed by atoms with Crippen molar-refractivity contribution in [1.29, 1.82) is 0 Å². The van der Waals surface area contributed by atoms with Gasteiger partial charge in [-0.2, -0.15) is 0 Å². The number of carbonyl (C=O) groups excluding carboxylic acids is 1. The van der Waals surface area contributed by atoms with Gasteiger partial charge in [0, 0.05) is 13.1 Å². The van der Waals surface area contributed by atoms with Crippen LogP contribution in [0.1, 0.15) is 19.3 Å². The maximum atomic E-state index is 11.3. The highest BCUT2D eigenvalue weighted by Crippen LogP contribution is 2.31. The minimum Gasteiger partial charge on any atom is -0.341 e. The number of halogens is 1. The first-order valence-electron chi connectivity index (χ1n) is 4.20. The lowest BCUT2D eigenvalue weighted by molar-refractivity contribution is -0.127. The lowest BCUT2D eigenvalue weighted by Crippen LogP contribution is -2.29. The second-order valence-electron chi connectivity index (χ2n) is 3.48. The fourth-order valence-corrected chi connectivity index (χ4v) is 1.99. The molecule has 0 aromatic carbocycles. The number of nitrogens with zero attached hydrogens (tertiary/aromatic N) is 1. The summed E-state index contributed by atoms with van der Waals surface area (Å²) in [5, 5.41) is 0. The maximum absolute atomic E-state index is 11.3. The van der Waals surface area contributed by atoms with Crippen LogP contribution in [0.4, 0.5) is 0 Å². The summed E-state index contributed by atoms with van der Waals surface area (Å²) in [4.78, 5) is 13.5. The molecule has 1 aliphatic heterocycles. The maximum Gasteiger partial charge on any atom is 0.236 e. The van der Waals surface area contributed by atoms with E-state index in [9.17, 15) is 4.79 Å². The quantitative estimate of drug-likeness (QED) is 0.641. The monoisotopic (exact) mass is 217 g/mol. The minimum absolute atomic E-state index is 0.112. The molecule has 1 amide bonds. The fraction of sp³-hybridized carbons (Fsp3) is 0.875. The van der Waals surface area contributed by atoms with Crippen LogP contribution in [0, 0.1) is 5.92 Å². The summed E-state index contributed by atoms with van der Waals surface area (Å²) in [5.74, 6) is 1.13. The van der Waals surface area contributed by atoms with Gasteiger partial charge in [0.05, 0.1) is 4.83 Å². The van der Waals surface area contributed by atoms with Crippen LogP contribution in [0.15, 0.2) is 0 Å². The topological polar surface area (TPSA) is 20.3 Å². The van der Waals surface area contributed by atoms with Gasteiger partial charge in [-0.1, -0.05) is 15.9 Å². The fourth-order valence-electron chi connectivity index (χ4n) is 1.49. The Bertz CT molecular complexity index is 179. The first-order valence-corrected chi connectivity index (χ1v) is 5.12. The van der Waals surface area contributed by atoms with E-state index in [1.54, 1.807) is 0 Å². The van der Waals surface area contributed by atoms with E-state index in [0.717, 1.165) is 25.4 Å². The van der Waals surface area contributed by atoms with Gasteiger partial charge in [-0.3, -0.25) is 4.79 Å². The average molecular weight is 218 g/mol. The predicted octanol–water partition coefficient (Wildman–Crippen LogP) is 1.39. The Kier molecular flexibility index (Phi) is 1.91. The number of hydrogen-bond donors (Lipinski definition) is 0. The van der Waals surface area contributed by atoms with E-state index < -0.39 is 0 Å². The largest absolute Gasteiger partial charge is 0.341 e. The number of carbonyl (C=O) groups is 1. The number of alkyl halides is 1. The molecule has 3 heteroatoms. The van der Waals surface area contributed by atoms with E-state index in [0.29, 0.717) is 5.91 Å². The first kappa shape index (κ1) is 7.59. The smallest absolute Gasteiger partial charge is 0.236 e. The molecular weight excluding hydrogens is 206 g/mol. The van der Waals surface area contributed by atoms with Crippen molar-refractivity contribution >= 4 is 21.8 Å². The van der Waals surface area contributed by atoms with Crippen molar-refractivity contribution in [1.82, 2.24) is 4.90 Å². The van der Waals surface area contributed by atoms with E-state index in [2.05, 4.69) is 15.9 Å². The molecule has 1 heterocycles. The average Bonchev–Trinajstić information content (AvgIpc) is 2.74. The van der Waals surface area contributed by atoms with Crippen LogP contribution >= 0.6 is 15.9 Å². The Hall–Kier alpha value is -0.0500. The molecule has 1 saturated carbocycles. The summed E-state index contributed by atoms with van der Waals surface area (Å²) in [6.07, 6.45) is 3.65. The minimum atomic E-state index is 0.112. The zero-order valence-electron chi connectivity index (χ0n) is 6.42. The Balaban J connectivity index is 1.88. The van der Waals surface area contributed by atoms with Crippen molar-refractivity contribution in [3.05, 3.63) is 0 Å². The van der Waals surface area contributed by atoms with E-state index in [4.69, 9.17) is 0 Å². The summed E-state index contributed by atoms with van der Waals surface area (Å²) in [7, 11) is 0. The van der Waals surface area contributed by atoms with Crippen LogP contribution in [-0.4, -0.2) is 28.7 Å². The molecule has 62 valence electrons. The number of likely N-dealkylation sites (tertiary alicyclic amines) is 1. The van der Waals surface area contributed by atoms with Gasteiger partial charge in [0.25, 0.3) is 0 Å². The third-order valence-electron chi connectivity index (χ3n) is 2.41. The van der Waals surface area contributed by atoms with E-state index in [-0.39, 0.29) is 4.83 Å². The predicted molar refractivity (Wildman–Crippen MR) is 46.6 cm³/mol. The summed E-state index contributed by atoms with van der Waals surface area (Å²) in [6.45, 7) is 1.98. The van der Waals surface area contributed by atoms with Crippen LogP contribution in [-0.2, 0) is 4.79 Å². The summed E-state index contributed by atoms with van der Waals surface area (Å²) in [5.41, 5.74) is 0. The molecule has 2 aliphatic rings. The van der Waals surface area contributed by atoms with Gasteiger partial charge in [-0.05, 0) is 25.2 Å². The highest BCUT2D eigenvalue weighted by atomic mass is 79.9. The summed E-state index contributed by atoms with van der Waals surface area (Å²) in [6, 6.07) is 0. The molecule has 11 heavy (non-hydrogen) atoms. The number of rotatable bonds is 2. The van der Waals surface area contributed by atoms with Gasteiger partial charge < -0.3 is 4.90 Å².